The van der Waals surface area contributed by atoms with Crippen molar-refractivity contribution in [1.82, 2.24) is 5.32 Å². The van der Waals surface area contributed by atoms with Crippen LogP contribution in [0.1, 0.15) is 10.4 Å². The molecule has 0 heterocycles. The molecule has 6 nitrogen and oxygen atoms in total. The third-order valence-electron chi connectivity index (χ3n) is 3.14. The van der Waals surface area contributed by atoms with E-state index in [1.165, 1.54) is 18.2 Å². The molecule has 2 aromatic rings. The number of nitrogens with one attached hydrogen (secondary N) is 2. The lowest BCUT2D eigenvalue weighted by Gasteiger charge is -2.10. The predicted molar refractivity (Wildman–Crippen MR) is 90.3 cm³/mol. The second kappa shape index (κ2) is 8.09. The molecule has 0 atom stereocenters. The molecule has 2 aromatic carbocycles. The van der Waals surface area contributed by atoms with Gasteiger partial charge in [-0.3, -0.25) is 14.9 Å². The number of benzene rings is 2. The van der Waals surface area contributed by atoms with Gasteiger partial charge in [0.1, 0.15) is 5.69 Å². The van der Waals surface area contributed by atoms with Gasteiger partial charge < -0.3 is 10.6 Å². The van der Waals surface area contributed by atoms with Crippen LogP contribution in [-0.2, 0) is 0 Å². The minimum absolute atomic E-state index is 0.0534. The summed E-state index contributed by atoms with van der Waals surface area (Å²) in [4.78, 5) is 22.3. The highest BCUT2D eigenvalue weighted by atomic mass is 35.5. The normalized spacial score (nSPS) is 10.4. The number of hydrogen-bond donors (Lipinski definition) is 2. The van der Waals surface area contributed by atoms with Gasteiger partial charge in [0.25, 0.3) is 11.6 Å². The Hall–Kier alpha value is -2.45. The number of hydrogen-bond acceptors (Lipinski definition) is 4. The molecule has 0 radical (unpaired) electrons. The fourth-order valence-electron chi connectivity index (χ4n) is 1.97. The van der Waals surface area contributed by atoms with Crippen LogP contribution >= 0.6 is 23.2 Å². The van der Waals surface area contributed by atoms with Crippen molar-refractivity contribution in [2.45, 2.75) is 0 Å². The Morgan fingerprint density at radius 2 is 1.80 bits per heavy atom. The van der Waals surface area contributed by atoms with Crippen LogP contribution in [-0.4, -0.2) is 23.9 Å². The van der Waals surface area contributed by atoms with Crippen molar-refractivity contribution in [3.05, 3.63) is 67.7 Å². The van der Waals surface area contributed by atoms with E-state index < -0.39 is 22.5 Å². The first-order chi connectivity index (χ1) is 11.8. The highest BCUT2D eigenvalue weighted by Gasteiger charge is 2.16. The molecule has 0 aromatic heterocycles. The van der Waals surface area contributed by atoms with Gasteiger partial charge in [0.05, 0.1) is 15.5 Å². The number of rotatable bonds is 6. The molecular weight excluding hydrogens is 379 g/mol. The van der Waals surface area contributed by atoms with E-state index >= 15 is 0 Å². The molecule has 1 amide bonds. The minimum Gasteiger partial charge on any atom is -0.378 e. The van der Waals surface area contributed by atoms with E-state index in [0.29, 0.717) is 17.2 Å². The number of halogens is 4. The van der Waals surface area contributed by atoms with Crippen LogP contribution in [0.4, 0.5) is 20.2 Å². The Morgan fingerprint density at radius 3 is 2.48 bits per heavy atom. The maximum absolute atomic E-state index is 13.2. The van der Waals surface area contributed by atoms with Crippen molar-refractivity contribution in [2.24, 2.45) is 0 Å². The van der Waals surface area contributed by atoms with Crippen LogP contribution in [0, 0.1) is 21.7 Å². The molecule has 0 bridgehead atoms. The largest absolute Gasteiger partial charge is 0.378 e. The summed E-state index contributed by atoms with van der Waals surface area (Å²) in [6.07, 6.45) is 0. The zero-order valence-corrected chi connectivity index (χ0v) is 14.0. The molecule has 2 N–H and O–H groups in total. The third-order valence-corrected chi connectivity index (χ3v) is 3.68. The monoisotopic (exact) mass is 389 g/mol. The number of nitro groups is 1. The summed E-state index contributed by atoms with van der Waals surface area (Å²) < 4.78 is 26.2. The fourth-order valence-corrected chi connectivity index (χ4v) is 2.38. The van der Waals surface area contributed by atoms with Gasteiger partial charge in [0.2, 0.25) is 0 Å². The molecule has 0 saturated heterocycles. The summed E-state index contributed by atoms with van der Waals surface area (Å²) in [5.74, 6) is -3.05. The molecule has 0 fully saturated rings. The lowest BCUT2D eigenvalue weighted by molar-refractivity contribution is -0.384. The molecule has 0 saturated carbocycles. The van der Waals surface area contributed by atoms with Crippen LogP contribution in [0.5, 0.6) is 0 Å². The van der Waals surface area contributed by atoms with Crippen molar-refractivity contribution in [1.29, 1.82) is 0 Å². The zero-order valence-electron chi connectivity index (χ0n) is 12.5. The van der Waals surface area contributed by atoms with E-state index in [9.17, 15) is 23.7 Å². The number of carbonyl (C=O) groups excluding carboxylic acids is 1. The number of amides is 1. The summed E-state index contributed by atoms with van der Waals surface area (Å²) in [7, 11) is 0. The molecule has 0 unspecified atom stereocenters. The first-order valence-electron chi connectivity index (χ1n) is 6.90. The summed E-state index contributed by atoms with van der Waals surface area (Å²) in [6, 6.07) is 5.43. The quantitative estimate of drug-likeness (QED) is 0.338. The average molecular weight is 390 g/mol. The van der Waals surface area contributed by atoms with Crippen molar-refractivity contribution >= 4 is 40.5 Å². The van der Waals surface area contributed by atoms with E-state index in [-0.39, 0.29) is 35.1 Å². The second-order valence-corrected chi connectivity index (χ2v) is 5.69. The first-order valence-corrected chi connectivity index (χ1v) is 7.65. The van der Waals surface area contributed by atoms with E-state index in [4.69, 9.17) is 23.2 Å². The molecule has 132 valence electrons. The van der Waals surface area contributed by atoms with Crippen LogP contribution in [0.15, 0.2) is 30.3 Å². The van der Waals surface area contributed by atoms with Gasteiger partial charge in [-0.05, 0) is 24.3 Å². The fraction of sp³-hybridized carbons (Fsp3) is 0.133. The molecule has 10 heteroatoms. The SMILES string of the molecule is O=C(NCCNc1cc(Cl)ccc1[N+](=O)[O-])c1cc(F)c(F)cc1Cl. The first kappa shape index (κ1) is 18.9. The third kappa shape index (κ3) is 4.77. The maximum atomic E-state index is 13.2. The van der Waals surface area contributed by atoms with Gasteiger partial charge in [-0.2, -0.15) is 0 Å². The standard InChI is InChI=1S/C15H11Cl2F2N3O3/c16-8-1-2-14(22(24)25)13(5-8)20-3-4-21-15(23)9-6-11(18)12(19)7-10(9)17/h1-2,5-7,20H,3-4H2,(H,21,23). The molecular formula is C15H11Cl2F2N3O3. The molecule has 0 aliphatic carbocycles. The molecule has 0 spiro atoms. The van der Waals surface area contributed by atoms with Crippen molar-refractivity contribution in [3.63, 3.8) is 0 Å². The van der Waals surface area contributed by atoms with Gasteiger partial charge in [-0.25, -0.2) is 8.78 Å². The summed E-state index contributed by atoms with van der Waals surface area (Å²) in [6.45, 7) is 0.187. The van der Waals surface area contributed by atoms with Crippen LogP contribution in [0.25, 0.3) is 0 Å². The van der Waals surface area contributed by atoms with Crippen molar-refractivity contribution in [3.8, 4) is 0 Å². The van der Waals surface area contributed by atoms with E-state index in [1.54, 1.807) is 0 Å². The maximum Gasteiger partial charge on any atom is 0.292 e. The number of anilines is 1. The molecule has 25 heavy (non-hydrogen) atoms. The summed E-state index contributed by atoms with van der Waals surface area (Å²) in [5.41, 5.74) is -0.189. The van der Waals surface area contributed by atoms with Gasteiger partial charge in [-0.1, -0.05) is 23.2 Å². The number of nitrogens with zero attached hydrogens (tertiary/aromatic N) is 1. The second-order valence-electron chi connectivity index (χ2n) is 4.85. The highest BCUT2D eigenvalue weighted by molar-refractivity contribution is 6.33. The zero-order chi connectivity index (χ0) is 18.6. The Kier molecular flexibility index (Phi) is 6.11. The number of carbonyl (C=O) groups is 1. The Morgan fingerprint density at radius 1 is 1.12 bits per heavy atom. The van der Waals surface area contributed by atoms with Gasteiger partial charge in [0.15, 0.2) is 11.6 Å². The Bertz CT molecular complexity index is 834. The highest BCUT2D eigenvalue weighted by Crippen LogP contribution is 2.27. The van der Waals surface area contributed by atoms with Gasteiger partial charge >= 0.3 is 0 Å². The topological polar surface area (TPSA) is 84.3 Å². The van der Waals surface area contributed by atoms with Gasteiger partial charge in [0, 0.05) is 24.2 Å². The Labute approximate surface area is 150 Å². The van der Waals surface area contributed by atoms with Crippen molar-refractivity contribution in [2.75, 3.05) is 18.4 Å². The molecule has 2 rings (SSSR count). The van der Waals surface area contributed by atoms with Gasteiger partial charge in [-0.15, -0.1) is 0 Å². The van der Waals surface area contributed by atoms with E-state index in [0.717, 1.165) is 0 Å². The smallest absolute Gasteiger partial charge is 0.292 e. The van der Waals surface area contributed by atoms with Crippen LogP contribution < -0.4 is 10.6 Å². The minimum atomic E-state index is -1.19. The summed E-state index contributed by atoms with van der Waals surface area (Å²) in [5, 5.41) is 16.2. The number of nitro benzene ring substituents is 1. The lowest BCUT2D eigenvalue weighted by Crippen LogP contribution is -2.29. The average Bonchev–Trinajstić information content (AvgIpc) is 2.54. The molecule has 0 aliphatic rings. The van der Waals surface area contributed by atoms with Crippen molar-refractivity contribution < 1.29 is 18.5 Å². The van der Waals surface area contributed by atoms with E-state index in [2.05, 4.69) is 10.6 Å². The van der Waals surface area contributed by atoms with Crippen LogP contribution in [0.2, 0.25) is 10.0 Å². The lowest BCUT2D eigenvalue weighted by atomic mass is 10.2. The summed E-state index contributed by atoms with van der Waals surface area (Å²) >= 11 is 11.5. The van der Waals surface area contributed by atoms with Crippen LogP contribution in [0.3, 0.4) is 0 Å². The Balaban J connectivity index is 1.96. The molecule has 0 aliphatic heterocycles. The predicted octanol–water partition coefficient (Wildman–Crippen LogP) is 4.02. The van der Waals surface area contributed by atoms with E-state index in [1.807, 2.05) is 0 Å².